The van der Waals surface area contributed by atoms with Crippen LogP contribution < -0.4 is 5.73 Å². The van der Waals surface area contributed by atoms with Crippen LogP contribution in [-0.4, -0.2) is 22.5 Å². The lowest BCUT2D eigenvalue weighted by Gasteiger charge is -2.34. The number of ketones is 1. The number of nitrogens with two attached hydrogens (primary N) is 1. The highest BCUT2D eigenvalue weighted by Gasteiger charge is 2.37. The SMILES string of the molecule is Cc1ccc(C(=O)C2(N)CCC(O)CC2)cc1. The molecule has 3 heteroatoms. The predicted molar refractivity (Wildman–Crippen MR) is 66.9 cm³/mol. The lowest BCUT2D eigenvalue weighted by Crippen LogP contribution is -2.51. The molecule has 0 heterocycles. The van der Waals surface area contributed by atoms with Gasteiger partial charge in [0.2, 0.25) is 0 Å². The van der Waals surface area contributed by atoms with Crippen LogP contribution >= 0.6 is 0 Å². The average Bonchev–Trinajstić information content (AvgIpc) is 2.33. The van der Waals surface area contributed by atoms with E-state index in [1.807, 2.05) is 31.2 Å². The van der Waals surface area contributed by atoms with Crippen molar-refractivity contribution in [2.24, 2.45) is 5.73 Å². The van der Waals surface area contributed by atoms with E-state index in [1.165, 1.54) is 0 Å². The van der Waals surface area contributed by atoms with Gasteiger partial charge in [0.05, 0.1) is 11.6 Å². The number of hydrogen-bond donors (Lipinski definition) is 2. The quantitative estimate of drug-likeness (QED) is 0.766. The summed E-state index contributed by atoms with van der Waals surface area (Å²) in [5.74, 6) is 0.00407. The van der Waals surface area contributed by atoms with Crippen LogP contribution in [0.3, 0.4) is 0 Å². The van der Waals surface area contributed by atoms with E-state index in [1.54, 1.807) is 0 Å². The lowest BCUT2D eigenvalue weighted by molar-refractivity contribution is 0.0693. The van der Waals surface area contributed by atoms with Crippen molar-refractivity contribution >= 4 is 5.78 Å². The normalized spacial score (nSPS) is 29.0. The minimum atomic E-state index is -0.783. The molecule has 0 spiro atoms. The molecule has 17 heavy (non-hydrogen) atoms. The van der Waals surface area contributed by atoms with E-state index in [4.69, 9.17) is 5.73 Å². The summed E-state index contributed by atoms with van der Waals surface area (Å²) in [6.07, 6.45) is 2.08. The van der Waals surface area contributed by atoms with Gasteiger partial charge in [-0.2, -0.15) is 0 Å². The number of Topliss-reactive ketones (excluding diaryl/α,β-unsaturated/α-hetero) is 1. The third-order valence-electron chi connectivity index (χ3n) is 3.61. The molecule has 3 N–H and O–H groups in total. The fourth-order valence-electron chi connectivity index (χ4n) is 2.34. The van der Waals surface area contributed by atoms with Crippen molar-refractivity contribution in [3.05, 3.63) is 35.4 Å². The van der Waals surface area contributed by atoms with Crippen molar-refractivity contribution in [3.63, 3.8) is 0 Å². The maximum absolute atomic E-state index is 12.3. The monoisotopic (exact) mass is 233 g/mol. The van der Waals surface area contributed by atoms with Crippen LogP contribution in [0, 0.1) is 6.92 Å². The van der Waals surface area contributed by atoms with E-state index < -0.39 is 5.54 Å². The Morgan fingerprint density at radius 1 is 1.29 bits per heavy atom. The molecule has 0 aromatic heterocycles. The van der Waals surface area contributed by atoms with Crippen LogP contribution in [0.5, 0.6) is 0 Å². The molecule has 1 saturated carbocycles. The van der Waals surface area contributed by atoms with Crippen LogP contribution in [0.2, 0.25) is 0 Å². The van der Waals surface area contributed by atoms with Crippen molar-refractivity contribution in [3.8, 4) is 0 Å². The largest absolute Gasteiger partial charge is 0.393 e. The Balaban J connectivity index is 2.16. The Morgan fingerprint density at radius 2 is 1.82 bits per heavy atom. The molecule has 0 aliphatic heterocycles. The Labute approximate surface area is 102 Å². The third kappa shape index (κ3) is 2.56. The Hall–Kier alpha value is -1.19. The number of benzene rings is 1. The maximum atomic E-state index is 12.3. The molecular formula is C14H19NO2. The minimum Gasteiger partial charge on any atom is -0.393 e. The Kier molecular flexibility index (Phi) is 3.31. The molecule has 0 unspecified atom stereocenters. The first kappa shape index (κ1) is 12.3. The van der Waals surface area contributed by atoms with Gasteiger partial charge in [-0.3, -0.25) is 4.79 Å². The highest BCUT2D eigenvalue weighted by atomic mass is 16.3. The van der Waals surface area contributed by atoms with Gasteiger partial charge in [0.25, 0.3) is 0 Å². The van der Waals surface area contributed by atoms with Gasteiger partial charge >= 0.3 is 0 Å². The molecule has 2 rings (SSSR count). The first-order valence-electron chi connectivity index (χ1n) is 6.10. The molecule has 1 aliphatic rings. The molecular weight excluding hydrogens is 214 g/mol. The van der Waals surface area contributed by atoms with E-state index in [9.17, 15) is 9.90 Å². The average molecular weight is 233 g/mol. The highest BCUT2D eigenvalue weighted by molar-refractivity contribution is 6.03. The zero-order chi connectivity index (χ0) is 12.5. The van der Waals surface area contributed by atoms with Crippen molar-refractivity contribution in [1.82, 2.24) is 0 Å². The van der Waals surface area contributed by atoms with Crippen LogP contribution in [0.4, 0.5) is 0 Å². The fraction of sp³-hybridized carbons (Fsp3) is 0.500. The first-order valence-corrected chi connectivity index (χ1v) is 6.10. The van der Waals surface area contributed by atoms with Crippen molar-refractivity contribution in [2.45, 2.75) is 44.2 Å². The van der Waals surface area contributed by atoms with Crippen molar-refractivity contribution < 1.29 is 9.90 Å². The van der Waals surface area contributed by atoms with E-state index in [2.05, 4.69) is 0 Å². The van der Waals surface area contributed by atoms with Gasteiger partial charge in [0.1, 0.15) is 0 Å². The number of rotatable bonds is 2. The van der Waals surface area contributed by atoms with Gasteiger partial charge in [-0.15, -0.1) is 0 Å². The molecule has 0 bridgehead atoms. The van der Waals surface area contributed by atoms with Gasteiger partial charge in [0, 0.05) is 5.56 Å². The summed E-state index contributed by atoms with van der Waals surface area (Å²) in [7, 11) is 0. The first-order chi connectivity index (χ1) is 8.01. The van der Waals surface area contributed by atoms with Gasteiger partial charge in [-0.05, 0) is 32.6 Å². The van der Waals surface area contributed by atoms with Crippen LogP contribution in [-0.2, 0) is 0 Å². The fourth-order valence-corrected chi connectivity index (χ4v) is 2.34. The summed E-state index contributed by atoms with van der Waals surface area (Å²) >= 11 is 0. The summed E-state index contributed by atoms with van der Waals surface area (Å²) in [4.78, 5) is 12.3. The zero-order valence-corrected chi connectivity index (χ0v) is 10.1. The number of hydrogen-bond acceptors (Lipinski definition) is 3. The number of carbonyl (C=O) groups excluding carboxylic acids is 1. The van der Waals surface area contributed by atoms with E-state index in [0.29, 0.717) is 31.2 Å². The molecule has 0 amide bonds. The second kappa shape index (κ2) is 4.59. The molecule has 1 aliphatic carbocycles. The van der Waals surface area contributed by atoms with E-state index >= 15 is 0 Å². The molecule has 1 aromatic rings. The summed E-state index contributed by atoms with van der Waals surface area (Å²) < 4.78 is 0. The molecule has 0 radical (unpaired) electrons. The van der Waals surface area contributed by atoms with Gasteiger partial charge < -0.3 is 10.8 Å². The van der Waals surface area contributed by atoms with Gasteiger partial charge in [0.15, 0.2) is 5.78 Å². The predicted octanol–water partition coefficient (Wildman–Crippen LogP) is 1.81. The molecule has 92 valence electrons. The molecule has 0 atom stereocenters. The van der Waals surface area contributed by atoms with Crippen molar-refractivity contribution in [2.75, 3.05) is 0 Å². The summed E-state index contributed by atoms with van der Waals surface area (Å²) in [6.45, 7) is 1.99. The highest BCUT2D eigenvalue weighted by Crippen LogP contribution is 2.29. The van der Waals surface area contributed by atoms with E-state index in [-0.39, 0.29) is 11.9 Å². The molecule has 0 saturated heterocycles. The summed E-state index contributed by atoms with van der Waals surface area (Å²) in [6, 6.07) is 7.51. The number of carbonyl (C=O) groups is 1. The summed E-state index contributed by atoms with van der Waals surface area (Å²) in [5.41, 5.74) is 7.20. The minimum absolute atomic E-state index is 0.00407. The third-order valence-corrected chi connectivity index (χ3v) is 3.61. The Morgan fingerprint density at radius 3 is 2.35 bits per heavy atom. The van der Waals surface area contributed by atoms with Gasteiger partial charge in [-0.25, -0.2) is 0 Å². The lowest BCUT2D eigenvalue weighted by atomic mass is 9.76. The summed E-state index contributed by atoms with van der Waals surface area (Å²) in [5, 5.41) is 9.46. The van der Waals surface area contributed by atoms with Crippen LogP contribution in [0.1, 0.15) is 41.6 Å². The van der Waals surface area contributed by atoms with Crippen LogP contribution in [0.15, 0.2) is 24.3 Å². The second-order valence-corrected chi connectivity index (χ2v) is 5.08. The Bertz CT molecular complexity index is 403. The topological polar surface area (TPSA) is 63.3 Å². The zero-order valence-electron chi connectivity index (χ0n) is 10.1. The number of aliphatic hydroxyl groups excluding tert-OH is 1. The maximum Gasteiger partial charge on any atom is 0.182 e. The standard InChI is InChI=1S/C14H19NO2/c1-10-2-4-11(5-3-10)13(17)14(15)8-6-12(16)7-9-14/h2-5,12,16H,6-9,15H2,1H3. The van der Waals surface area contributed by atoms with Crippen LogP contribution in [0.25, 0.3) is 0 Å². The molecule has 3 nitrogen and oxygen atoms in total. The second-order valence-electron chi connectivity index (χ2n) is 5.08. The smallest absolute Gasteiger partial charge is 0.182 e. The number of aryl methyl sites for hydroxylation is 1. The van der Waals surface area contributed by atoms with Crippen molar-refractivity contribution in [1.29, 1.82) is 0 Å². The molecule has 1 fully saturated rings. The number of aliphatic hydroxyl groups is 1. The van der Waals surface area contributed by atoms with E-state index in [0.717, 1.165) is 5.56 Å². The molecule has 1 aromatic carbocycles. The van der Waals surface area contributed by atoms with Gasteiger partial charge in [-0.1, -0.05) is 29.8 Å².